The maximum atomic E-state index is 12.3. The molecule has 1 saturated heterocycles. The fraction of sp³-hybridized carbons (Fsp3) is 0.357. The van der Waals surface area contributed by atoms with Crippen molar-refractivity contribution in [3.63, 3.8) is 0 Å². The summed E-state index contributed by atoms with van der Waals surface area (Å²) < 4.78 is 0. The fourth-order valence-corrected chi connectivity index (χ4v) is 2.54. The van der Waals surface area contributed by atoms with Gasteiger partial charge in [0.25, 0.3) is 0 Å². The van der Waals surface area contributed by atoms with Crippen LogP contribution in [0.3, 0.4) is 0 Å². The van der Waals surface area contributed by atoms with E-state index < -0.39 is 0 Å². The van der Waals surface area contributed by atoms with Crippen molar-refractivity contribution >= 4 is 22.5 Å². The molecule has 4 nitrogen and oxygen atoms in total. The van der Waals surface area contributed by atoms with Gasteiger partial charge in [-0.15, -0.1) is 0 Å². The number of anilines is 1. The van der Waals surface area contributed by atoms with Crippen LogP contribution in [0.15, 0.2) is 24.3 Å². The smallest absolute Gasteiger partial charge is 0.232 e. The monoisotopic (exact) mass is 243 g/mol. The van der Waals surface area contributed by atoms with Gasteiger partial charge in [-0.3, -0.25) is 4.79 Å². The lowest BCUT2D eigenvalue weighted by Gasteiger charge is -2.30. The van der Waals surface area contributed by atoms with Crippen LogP contribution in [-0.4, -0.2) is 31.0 Å². The number of fused-ring (bicyclic) bond motifs is 1. The predicted molar refractivity (Wildman–Crippen MR) is 72.8 cm³/mol. The minimum atomic E-state index is 0.128. The summed E-state index contributed by atoms with van der Waals surface area (Å²) >= 11 is 0. The van der Waals surface area contributed by atoms with Crippen molar-refractivity contribution in [2.75, 3.05) is 25.0 Å². The number of aromatic nitrogens is 1. The number of rotatable bonds is 2. The summed E-state index contributed by atoms with van der Waals surface area (Å²) in [5, 5.41) is 4.25. The van der Waals surface area contributed by atoms with E-state index in [1.165, 1.54) is 0 Å². The molecule has 0 saturated carbocycles. The highest BCUT2D eigenvalue weighted by atomic mass is 16.2. The number of nitrogens with one attached hydrogen (secondary N) is 2. The van der Waals surface area contributed by atoms with Crippen molar-refractivity contribution in [1.29, 1.82) is 0 Å². The van der Waals surface area contributed by atoms with Crippen LogP contribution in [0.25, 0.3) is 10.9 Å². The molecule has 1 fully saturated rings. The van der Waals surface area contributed by atoms with E-state index in [1.807, 2.05) is 32.2 Å². The first-order chi connectivity index (χ1) is 8.68. The molecule has 2 N–H and O–H groups in total. The number of carbonyl (C=O) groups excluding carboxylic acids is 1. The Balaban J connectivity index is 2.02. The Morgan fingerprint density at radius 1 is 1.33 bits per heavy atom. The average Bonchev–Trinajstić information content (AvgIpc) is 2.61. The molecule has 94 valence electrons. The van der Waals surface area contributed by atoms with Crippen LogP contribution in [-0.2, 0) is 4.79 Å². The van der Waals surface area contributed by atoms with Crippen molar-refractivity contribution in [2.45, 2.75) is 6.92 Å². The van der Waals surface area contributed by atoms with E-state index in [2.05, 4.69) is 16.4 Å². The van der Waals surface area contributed by atoms with E-state index in [9.17, 15) is 4.79 Å². The molecular formula is C14H17N3O. The number of H-pyrrole nitrogens is 1. The molecule has 0 unspecified atom stereocenters. The Bertz CT molecular complexity index is 598. The highest BCUT2D eigenvalue weighted by Gasteiger charge is 2.29. The van der Waals surface area contributed by atoms with Gasteiger partial charge in [-0.25, -0.2) is 0 Å². The molecule has 3 rings (SSSR count). The Hall–Kier alpha value is -1.81. The van der Waals surface area contributed by atoms with E-state index in [0.717, 1.165) is 35.4 Å². The van der Waals surface area contributed by atoms with Gasteiger partial charge in [-0.05, 0) is 13.0 Å². The third kappa shape index (κ3) is 1.61. The van der Waals surface area contributed by atoms with E-state index in [-0.39, 0.29) is 11.8 Å². The van der Waals surface area contributed by atoms with Gasteiger partial charge >= 0.3 is 0 Å². The number of para-hydroxylation sites is 1. The first kappa shape index (κ1) is 11.3. The minimum absolute atomic E-state index is 0.128. The molecule has 1 amide bonds. The molecule has 1 aliphatic heterocycles. The second-order valence-electron chi connectivity index (χ2n) is 4.90. The molecule has 1 aromatic carbocycles. The quantitative estimate of drug-likeness (QED) is 0.842. The molecule has 1 aromatic heterocycles. The van der Waals surface area contributed by atoms with Crippen LogP contribution >= 0.6 is 0 Å². The van der Waals surface area contributed by atoms with Gasteiger partial charge in [-0.1, -0.05) is 18.2 Å². The van der Waals surface area contributed by atoms with Crippen molar-refractivity contribution in [3.05, 3.63) is 30.0 Å². The highest BCUT2D eigenvalue weighted by molar-refractivity contribution is 6.05. The molecule has 0 aliphatic carbocycles. The second kappa shape index (κ2) is 4.14. The van der Waals surface area contributed by atoms with Gasteiger partial charge in [0.1, 0.15) is 0 Å². The number of aryl methyl sites for hydroxylation is 1. The molecule has 0 bridgehead atoms. The third-order valence-electron chi connectivity index (χ3n) is 3.66. The largest absolute Gasteiger partial charge is 0.357 e. The number of hydrogen-bond acceptors (Lipinski definition) is 2. The number of carbonyl (C=O) groups is 1. The van der Waals surface area contributed by atoms with Crippen molar-refractivity contribution in [3.8, 4) is 0 Å². The Labute approximate surface area is 106 Å². The first-order valence-electron chi connectivity index (χ1n) is 6.24. The van der Waals surface area contributed by atoms with Gasteiger partial charge in [-0.2, -0.15) is 0 Å². The SMILES string of the molecule is Cc1[nH]c2ccccc2c1N(C)C(=O)C1CNC1. The number of amides is 1. The molecule has 4 heteroatoms. The molecule has 2 aromatic rings. The predicted octanol–water partition coefficient (Wildman–Crippen LogP) is 1.66. The first-order valence-corrected chi connectivity index (χ1v) is 6.24. The van der Waals surface area contributed by atoms with E-state index in [1.54, 1.807) is 4.90 Å². The van der Waals surface area contributed by atoms with Crippen molar-refractivity contribution in [2.24, 2.45) is 5.92 Å². The van der Waals surface area contributed by atoms with Gasteiger partial charge in [0, 0.05) is 36.7 Å². The zero-order valence-corrected chi connectivity index (χ0v) is 10.7. The van der Waals surface area contributed by atoms with Crippen LogP contribution in [0.1, 0.15) is 5.69 Å². The van der Waals surface area contributed by atoms with Gasteiger partial charge in [0.05, 0.1) is 11.6 Å². The van der Waals surface area contributed by atoms with E-state index >= 15 is 0 Å². The summed E-state index contributed by atoms with van der Waals surface area (Å²) in [5.74, 6) is 0.324. The number of benzene rings is 1. The van der Waals surface area contributed by atoms with Crippen LogP contribution in [0.5, 0.6) is 0 Å². The number of aromatic amines is 1. The fourth-order valence-electron chi connectivity index (χ4n) is 2.54. The zero-order valence-electron chi connectivity index (χ0n) is 10.7. The lowest BCUT2D eigenvalue weighted by Crippen LogP contribution is -2.51. The van der Waals surface area contributed by atoms with Gasteiger partial charge in [0.15, 0.2) is 0 Å². The molecule has 0 radical (unpaired) electrons. The van der Waals surface area contributed by atoms with Crippen molar-refractivity contribution in [1.82, 2.24) is 10.3 Å². The molecular weight excluding hydrogens is 226 g/mol. The minimum Gasteiger partial charge on any atom is -0.357 e. The van der Waals surface area contributed by atoms with Gasteiger partial charge < -0.3 is 15.2 Å². The van der Waals surface area contributed by atoms with Gasteiger partial charge in [0.2, 0.25) is 5.91 Å². The lowest BCUT2D eigenvalue weighted by atomic mass is 10.0. The Morgan fingerprint density at radius 2 is 2.06 bits per heavy atom. The summed E-state index contributed by atoms with van der Waals surface area (Å²) in [6.07, 6.45) is 0. The Kier molecular flexibility index (Phi) is 2.59. The zero-order chi connectivity index (χ0) is 12.7. The number of hydrogen-bond donors (Lipinski definition) is 2. The highest BCUT2D eigenvalue weighted by Crippen LogP contribution is 2.30. The molecule has 18 heavy (non-hydrogen) atoms. The Morgan fingerprint density at radius 3 is 2.72 bits per heavy atom. The van der Waals surface area contributed by atoms with Crippen LogP contribution in [0.2, 0.25) is 0 Å². The van der Waals surface area contributed by atoms with Crippen LogP contribution in [0, 0.1) is 12.8 Å². The normalized spacial score (nSPS) is 15.7. The van der Waals surface area contributed by atoms with E-state index in [0.29, 0.717) is 0 Å². The van der Waals surface area contributed by atoms with Crippen LogP contribution < -0.4 is 10.2 Å². The molecule has 0 atom stereocenters. The summed E-state index contributed by atoms with van der Waals surface area (Å²) in [6.45, 7) is 3.60. The lowest BCUT2D eigenvalue weighted by molar-refractivity contribution is -0.123. The third-order valence-corrected chi connectivity index (χ3v) is 3.66. The second-order valence-corrected chi connectivity index (χ2v) is 4.90. The molecule has 0 spiro atoms. The topological polar surface area (TPSA) is 48.1 Å². The molecule has 2 heterocycles. The number of nitrogens with zero attached hydrogens (tertiary/aromatic N) is 1. The maximum absolute atomic E-state index is 12.3. The summed E-state index contributed by atoms with van der Waals surface area (Å²) in [5.41, 5.74) is 3.12. The summed E-state index contributed by atoms with van der Waals surface area (Å²) in [7, 11) is 1.86. The van der Waals surface area contributed by atoms with Crippen LogP contribution in [0.4, 0.5) is 5.69 Å². The standard InChI is InChI=1S/C14H17N3O/c1-9-13(11-5-3-4-6-12(11)16-9)17(2)14(18)10-7-15-8-10/h3-6,10,15-16H,7-8H2,1-2H3. The van der Waals surface area contributed by atoms with E-state index in [4.69, 9.17) is 0 Å². The van der Waals surface area contributed by atoms with Crippen molar-refractivity contribution < 1.29 is 4.79 Å². The average molecular weight is 243 g/mol. The molecule has 1 aliphatic rings. The summed E-state index contributed by atoms with van der Waals surface area (Å²) in [6, 6.07) is 8.09. The summed E-state index contributed by atoms with van der Waals surface area (Å²) in [4.78, 5) is 17.4. The maximum Gasteiger partial charge on any atom is 0.232 e.